The third kappa shape index (κ3) is 5.56. The van der Waals surface area contributed by atoms with Crippen LogP contribution in [0.1, 0.15) is 103 Å². The molecule has 0 bridgehead atoms. The molecule has 2 fully saturated rings. The molecule has 2 aromatic rings. The number of aryl methyl sites for hydroxylation is 2. The average Bonchev–Trinajstić information content (AvgIpc) is 3.52. The normalized spacial score (nSPS) is 17.0. The van der Waals surface area contributed by atoms with Gasteiger partial charge in [0.15, 0.2) is 5.78 Å². The molecule has 0 amide bonds. The highest BCUT2D eigenvalue weighted by Crippen LogP contribution is 2.32. The molecule has 2 aliphatic carbocycles. The average molecular weight is 440 g/mol. The smallest absolute Gasteiger partial charge is 0.205 e. The summed E-state index contributed by atoms with van der Waals surface area (Å²) in [4.78, 5) is 33.9. The lowest BCUT2D eigenvalue weighted by Crippen LogP contribution is -2.14. The zero-order valence-corrected chi connectivity index (χ0v) is 20.2. The largest absolute Gasteiger partial charge is 0.383 e. The Balaban J connectivity index is 0.000000186. The van der Waals surface area contributed by atoms with Crippen molar-refractivity contribution < 1.29 is 9.59 Å². The van der Waals surface area contributed by atoms with E-state index in [9.17, 15) is 9.59 Å². The first-order valence-electron chi connectivity index (χ1n) is 11.8. The van der Waals surface area contributed by atoms with Gasteiger partial charge < -0.3 is 14.0 Å². The Morgan fingerprint density at radius 2 is 1.31 bits per heavy atom. The van der Waals surface area contributed by atoms with Crippen LogP contribution < -0.4 is 0 Å². The van der Waals surface area contributed by atoms with Gasteiger partial charge in [-0.25, -0.2) is 9.97 Å². The van der Waals surface area contributed by atoms with Gasteiger partial charge in [0.05, 0.1) is 12.4 Å². The summed E-state index contributed by atoms with van der Waals surface area (Å²) in [7, 11) is 3.81. The number of Topliss-reactive ketones (excluding diaryl/α,β-unsaturated/α-hetero) is 1. The molecule has 0 N–H and O–H groups in total. The van der Waals surface area contributed by atoms with Crippen molar-refractivity contribution in [3.63, 3.8) is 0 Å². The van der Waals surface area contributed by atoms with E-state index >= 15 is 0 Å². The Bertz CT molecular complexity index is 957. The molecular weight excluding hydrogens is 402 g/mol. The van der Waals surface area contributed by atoms with Gasteiger partial charge in [-0.15, -0.1) is 0 Å². The monoisotopic (exact) mass is 439 g/mol. The van der Waals surface area contributed by atoms with E-state index in [-0.39, 0.29) is 11.6 Å². The molecule has 174 valence electrons. The molecule has 7 nitrogen and oxygen atoms in total. The fraction of sp³-hybridized carbons (Fsp3) is 0.600. The first kappa shape index (κ1) is 24.0. The summed E-state index contributed by atoms with van der Waals surface area (Å²) >= 11 is 0. The standard InChI is InChI=1S/C14H21N3O.C11H16N2O/c1-11-15-10-13(14(18)8-9-16(2)3)17(11)12-6-4-5-7-12;1-8(14)11-7-12-9(2)13(11)10-5-3-4-6-10/h8-10,12H,4-7H2,1-3H3;7,10H,3-6H2,1-2H3. The highest BCUT2D eigenvalue weighted by molar-refractivity contribution is 6.03. The number of imidazole rings is 2. The molecule has 0 unspecified atom stereocenters. The summed E-state index contributed by atoms with van der Waals surface area (Å²) in [5.41, 5.74) is 1.49. The summed E-state index contributed by atoms with van der Waals surface area (Å²) in [6, 6.07) is 0.968. The number of carbonyl (C=O) groups excluding carboxylic acids is 2. The number of rotatable bonds is 6. The summed E-state index contributed by atoms with van der Waals surface area (Å²) in [6.07, 6.45) is 16.6. The van der Waals surface area contributed by atoms with Crippen molar-refractivity contribution in [1.82, 2.24) is 24.0 Å². The predicted octanol–water partition coefficient (Wildman–Crippen LogP) is 5.07. The van der Waals surface area contributed by atoms with E-state index in [0.29, 0.717) is 12.1 Å². The van der Waals surface area contributed by atoms with Crippen molar-refractivity contribution in [3.8, 4) is 0 Å². The number of allylic oxidation sites excluding steroid dienone is 1. The number of aromatic nitrogens is 4. The minimum absolute atomic E-state index is 0.0381. The summed E-state index contributed by atoms with van der Waals surface area (Å²) in [6.45, 7) is 5.57. The number of nitrogens with zero attached hydrogens (tertiary/aromatic N) is 5. The summed E-state index contributed by atoms with van der Waals surface area (Å²) in [5.74, 6) is 2.08. The van der Waals surface area contributed by atoms with Gasteiger partial charge in [-0.05, 0) is 39.5 Å². The van der Waals surface area contributed by atoms with Gasteiger partial charge in [-0.2, -0.15) is 0 Å². The lowest BCUT2D eigenvalue weighted by Gasteiger charge is -2.16. The van der Waals surface area contributed by atoms with Gasteiger partial charge >= 0.3 is 0 Å². The Labute approximate surface area is 191 Å². The minimum atomic E-state index is 0.0381. The molecule has 32 heavy (non-hydrogen) atoms. The second kappa shape index (κ2) is 10.7. The molecule has 0 aromatic carbocycles. The fourth-order valence-electron chi connectivity index (χ4n) is 4.90. The molecule has 0 radical (unpaired) electrons. The predicted molar refractivity (Wildman–Crippen MR) is 126 cm³/mol. The number of ketones is 2. The van der Waals surface area contributed by atoms with Crippen LogP contribution in [0.25, 0.3) is 0 Å². The van der Waals surface area contributed by atoms with E-state index < -0.39 is 0 Å². The Hall–Kier alpha value is -2.70. The van der Waals surface area contributed by atoms with Crippen LogP contribution in [0.3, 0.4) is 0 Å². The van der Waals surface area contributed by atoms with Crippen LogP contribution in [0.2, 0.25) is 0 Å². The second-order valence-corrected chi connectivity index (χ2v) is 9.20. The van der Waals surface area contributed by atoms with Crippen LogP contribution in [-0.2, 0) is 0 Å². The summed E-state index contributed by atoms with van der Waals surface area (Å²) in [5, 5.41) is 0. The molecule has 7 heteroatoms. The molecule has 0 saturated heterocycles. The van der Waals surface area contributed by atoms with E-state index in [0.717, 1.165) is 35.9 Å². The zero-order chi connectivity index (χ0) is 23.3. The van der Waals surface area contributed by atoms with E-state index in [1.165, 1.54) is 38.5 Å². The number of hydrogen-bond acceptors (Lipinski definition) is 5. The van der Waals surface area contributed by atoms with Gasteiger partial charge in [0, 0.05) is 45.4 Å². The summed E-state index contributed by atoms with van der Waals surface area (Å²) < 4.78 is 4.24. The first-order chi connectivity index (χ1) is 15.3. The van der Waals surface area contributed by atoms with Crippen molar-refractivity contribution in [3.05, 3.63) is 47.7 Å². The number of hydrogen-bond donors (Lipinski definition) is 0. The van der Waals surface area contributed by atoms with Crippen LogP contribution in [0.15, 0.2) is 24.7 Å². The van der Waals surface area contributed by atoms with Gasteiger partial charge in [0.2, 0.25) is 5.78 Å². The molecular formula is C25H37N5O2. The molecule has 0 atom stereocenters. The van der Waals surface area contributed by atoms with Gasteiger partial charge in [0.25, 0.3) is 0 Å². The quantitative estimate of drug-likeness (QED) is 0.464. The third-order valence-corrected chi connectivity index (χ3v) is 6.48. The third-order valence-electron chi connectivity index (χ3n) is 6.48. The van der Waals surface area contributed by atoms with Crippen LogP contribution in [0.5, 0.6) is 0 Å². The fourth-order valence-corrected chi connectivity index (χ4v) is 4.90. The maximum absolute atomic E-state index is 12.2. The molecule has 4 rings (SSSR count). The molecule has 2 saturated carbocycles. The van der Waals surface area contributed by atoms with Crippen molar-refractivity contribution in [2.45, 2.75) is 84.2 Å². The maximum atomic E-state index is 12.2. The maximum Gasteiger partial charge on any atom is 0.205 e. The molecule has 2 aliphatic rings. The Morgan fingerprint density at radius 1 is 0.875 bits per heavy atom. The van der Waals surface area contributed by atoms with E-state index in [1.54, 1.807) is 31.6 Å². The van der Waals surface area contributed by atoms with Crippen LogP contribution in [-0.4, -0.2) is 49.7 Å². The van der Waals surface area contributed by atoms with Crippen LogP contribution in [0, 0.1) is 13.8 Å². The lowest BCUT2D eigenvalue weighted by molar-refractivity contribution is 0.1000. The van der Waals surface area contributed by atoms with Crippen molar-refractivity contribution in [2.24, 2.45) is 0 Å². The zero-order valence-electron chi connectivity index (χ0n) is 20.2. The Morgan fingerprint density at radius 3 is 1.75 bits per heavy atom. The van der Waals surface area contributed by atoms with E-state index in [2.05, 4.69) is 19.1 Å². The van der Waals surface area contributed by atoms with E-state index in [4.69, 9.17) is 0 Å². The Kier molecular flexibility index (Phi) is 8.04. The van der Waals surface area contributed by atoms with Crippen LogP contribution in [0.4, 0.5) is 0 Å². The second-order valence-electron chi connectivity index (χ2n) is 9.20. The minimum Gasteiger partial charge on any atom is -0.383 e. The number of carbonyl (C=O) groups is 2. The SMILES string of the molecule is CC(=O)c1cnc(C)n1C1CCCC1.Cc1ncc(C(=O)C=CN(C)C)n1C1CCCC1. The lowest BCUT2D eigenvalue weighted by atomic mass is 10.2. The molecule has 0 aliphatic heterocycles. The molecule has 2 heterocycles. The molecule has 0 spiro atoms. The van der Waals surface area contributed by atoms with Gasteiger partial charge in [0.1, 0.15) is 23.0 Å². The van der Waals surface area contributed by atoms with Crippen molar-refractivity contribution in [1.29, 1.82) is 0 Å². The van der Waals surface area contributed by atoms with Crippen molar-refractivity contribution >= 4 is 11.6 Å². The topological polar surface area (TPSA) is 73.0 Å². The van der Waals surface area contributed by atoms with Gasteiger partial charge in [-0.1, -0.05) is 25.7 Å². The highest BCUT2D eigenvalue weighted by atomic mass is 16.1. The highest BCUT2D eigenvalue weighted by Gasteiger charge is 2.24. The molecule has 2 aromatic heterocycles. The van der Waals surface area contributed by atoms with Crippen LogP contribution >= 0.6 is 0 Å². The van der Waals surface area contributed by atoms with Crippen molar-refractivity contribution in [2.75, 3.05) is 14.1 Å². The van der Waals surface area contributed by atoms with Gasteiger partial charge in [-0.3, -0.25) is 9.59 Å². The first-order valence-corrected chi connectivity index (χ1v) is 11.8. The van der Waals surface area contributed by atoms with E-state index in [1.807, 2.05) is 32.8 Å².